The molecule has 2 N–H and O–H groups in total. The summed E-state index contributed by atoms with van der Waals surface area (Å²) in [5.41, 5.74) is -0.136. The van der Waals surface area contributed by atoms with Crippen LogP contribution < -0.4 is 10.6 Å². The second-order valence-electron chi connectivity index (χ2n) is 5.96. The van der Waals surface area contributed by atoms with Crippen LogP contribution in [0.2, 0.25) is 0 Å². The zero-order valence-corrected chi connectivity index (χ0v) is 15.1. The molecule has 0 aliphatic carbocycles. The fraction of sp³-hybridized carbons (Fsp3) is 0.167. The number of hydrogen-bond donors (Lipinski definition) is 2. The topological polar surface area (TPSA) is 78.5 Å². The SMILES string of the molecule is O=CN(Cc1ccc(F)cc1)CC1(c2ccc(Br)cc2)NC(=O)NC1=O. The van der Waals surface area contributed by atoms with Crippen molar-refractivity contribution in [3.63, 3.8) is 0 Å². The Morgan fingerprint density at radius 3 is 2.27 bits per heavy atom. The van der Waals surface area contributed by atoms with E-state index in [2.05, 4.69) is 26.6 Å². The summed E-state index contributed by atoms with van der Waals surface area (Å²) in [5, 5.41) is 4.87. The molecule has 0 spiro atoms. The van der Waals surface area contributed by atoms with Crippen LogP contribution in [0, 0.1) is 5.82 Å². The van der Waals surface area contributed by atoms with E-state index in [0.29, 0.717) is 17.5 Å². The minimum absolute atomic E-state index is 0.0624. The van der Waals surface area contributed by atoms with Crippen molar-refractivity contribution in [3.8, 4) is 0 Å². The molecule has 8 heteroatoms. The van der Waals surface area contributed by atoms with Gasteiger partial charge in [0.25, 0.3) is 5.91 Å². The van der Waals surface area contributed by atoms with Crippen LogP contribution in [-0.2, 0) is 21.7 Å². The lowest BCUT2D eigenvalue weighted by Gasteiger charge is -2.31. The summed E-state index contributed by atoms with van der Waals surface area (Å²) in [6.07, 6.45) is 0.599. The number of rotatable bonds is 6. The smallest absolute Gasteiger partial charge is 0.322 e. The number of carbonyl (C=O) groups excluding carboxylic acids is 3. The molecule has 0 saturated carbocycles. The first kappa shape index (κ1) is 18.1. The van der Waals surface area contributed by atoms with Crippen LogP contribution in [0.3, 0.4) is 0 Å². The second kappa shape index (κ2) is 7.25. The maximum absolute atomic E-state index is 13.1. The van der Waals surface area contributed by atoms with Crippen LogP contribution in [0.15, 0.2) is 53.0 Å². The monoisotopic (exact) mass is 419 g/mol. The van der Waals surface area contributed by atoms with E-state index in [4.69, 9.17) is 0 Å². The average Bonchev–Trinajstić information content (AvgIpc) is 2.91. The molecule has 1 saturated heterocycles. The van der Waals surface area contributed by atoms with Crippen molar-refractivity contribution in [1.82, 2.24) is 15.5 Å². The van der Waals surface area contributed by atoms with Gasteiger partial charge in [-0.2, -0.15) is 0 Å². The van der Waals surface area contributed by atoms with Crippen molar-refractivity contribution in [2.24, 2.45) is 0 Å². The van der Waals surface area contributed by atoms with E-state index in [9.17, 15) is 18.8 Å². The summed E-state index contributed by atoms with van der Waals surface area (Å²) in [7, 11) is 0. The van der Waals surface area contributed by atoms with Gasteiger partial charge >= 0.3 is 6.03 Å². The van der Waals surface area contributed by atoms with Crippen molar-refractivity contribution in [2.45, 2.75) is 12.1 Å². The Bertz CT molecular complexity index is 842. The second-order valence-corrected chi connectivity index (χ2v) is 6.87. The molecule has 26 heavy (non-hydrogen) atoms. The number of nitrogens with zero attached hydrogens (tertiary/aromatic N) is 1. The molecule has 1 heterocycles. The summed E-state index contributed by atoms with van der Waals surface area (Å²) < 4.78 is 13.9. The van der Waals surface area contributed by atoms with Gasteiger partial charge in [-0.15, -0.1) is 0 Å². The van der Waals surface area contributed by atoms with Gasteiger partial charge in [0.05, 0.1) is 6.54 Å². The quantitative estimate of drug-likeness (QED) is 0.556. The summed E-state index contributed by atoms with van der Waals surface area (Å²) in [6, 6.07) is 12.0. The molecule has 2 aromatic carbocycles. The van der Waals surface area contributed by atoms with Crippen LogP contribution in [0.25, 0.3) is 0 Å². The predicted molar refractivity (Wildman–Crippen MR) is 95.4 cm³/mol. The van der Waals surface area contributed by atoms with Gasteiger partial charge in [0.1, 0.15) is 5.82 Å². The Morgan fingerprint density at radius 1 is 1.08 bits per heavy atom. The van der Waals surface area contributed by atoms with E-state index in [1.54, 1.807) is 36.4 Å². The van der Waals surface area contributed by atoms with E-state index in [1.807, 2.05) is 0 Å². The molecule has 6 nitrogen and oxygen atoms in total. The third-order valence-electron chi connectivity index (χ3n) is 4.17. The number of amides is 4. The molecule has 1 unspecified atom stereocenters. The Balaban J connectivity index is 1.90. The van der Waals surface area contributed by atoms with E-state index in [-0.39, 0.29) is 18.9 Å². The van der Waals surface area contributed by atoms with Gasteiger partial charge in [-0.05, 0) is 35.4 Å². The minimum Gasteiger partial charge on any atom is -0.338 e. The van der Waals surface area contributed by atoms with Crippen LogP contribution in [0.1, 0.15) is 11.1 Å². The number of urea groups is 1. The Morgan fingerprint density at radius 2 is 1.73 bits per heavy atom. The Labute approximate surface area is 157 Å². The molecule has 1 atom stereocenters. The van der Waals surface area contributed by atoms with Crippen LogP contribution >= 0.6 is 15.9 Å². The zero-order chi connectivity index (χ0) is 18.7. The highest BCUT2D eigenvalue weighted by Gasteiger charge is 2.48. The van der Waals surface area contributed by atoms with Crippen molar-refractivity contribution >= 4 is 34.3 Å². The predicted octanol–water partition coefficient (Wildman–Crippen LogP) is 2.28. The molecule has 0 aromatic heterocycles. The van der Waals surface area contributed by atoms with Crippen molar-refractivity contribution < 1.29 is 18.8 Å². The summed E-state index contributed by atoms with van der Waals surface area (Å²) in [6.45, 7) is 0.109. The van der Waals surface area contributed by atoms with Gasteiger partial charge in [-0.1, -0.05) is 40.2 Å². The summed E-state index contributed by atoms with van der Waals surface area (Å²) >= 11 is 3.33. The van der Waals surface area contributed by atoms with Gasteiger partial charge in [0.15, 0.2) is 5.54 Å². The number of imide groups is 1. The first-order valence-corrected chi connectivity index (χ1v) is 8.56. The molecule has 134 valence electrons. The highest BCUT2D eigenvalue weighted by atomic mass is 79.9. The molecule has 2 aromatic rings. The van der Waals surface area contributed by atoms with Crippen molar-refractivity contribution in [3.05, 3.63) is 69.9 Å². The van der Waals surface area contributed by atoms with Gasteiger partial charge in [-0.3, -0.25) is 14.9 Å². The number of carbonyl (C=O) groups is 3. The van der Waals surface area contributed by atoms with E-state index >= 15 is 0 Å². The van der Waals surface area contributed by atoms with E-state index < -0.39 is 17.5 Å². The molecular weight excluding hydrogens is 405 g/mol. The molecule has 1 fully saturated rings. The largest absolute Gasteiger partial charge is 0.338 e. The lowest BCUT2D eigenvalue weighted by atomic mass is 9.89. The first-order valence-electron chi connectivity index (χ1n) is 7.76. The fourth-order valence-corrected chi connectivity index (χ4v) is 3.16. The molecule has 4 amide bonds. The van der Waals surface area contributed by atoms with Crippen molar-refractivity contribution in [2.75, 3.05) is 6.54 Å². The fourth-order valence-electron chi connectivity index (χ4n) is 2.89. The average molecular weight is 420 g/mol. The van der Waals surface area contributed by atoms with Crippen molar-refractivity contribution in [1.29, 1.82) is 0 Å². The third-order valence-corrected chi connectivity index (χ3v) is 4.70. The van der Waals surface area contributed by atoms with Crippen LogP contribution in [-0.4, -0.2) is 29.8 Å². The van der Waals surface area contributed by atoms with Gasteiger partial charge < -0.3 is 10.2 Å². The zero-order valence-electron chi connectivity index (χ0n) is 13.5. The molecule has 1 aliphatic heterocycles. The molecule has 3 rings (SSSR count). The highest BCUT2D eigenvalue weighted by molar-refractivity contribution is 9.10. The van der Waals surface area contributed by atoms with Gasteiger partial charge in [0, 0.05) is 11.0 Å². The molecular formula is C18H15BrFN3O3. The Kier molecular flexibility index (Phi) is 5.03. The summed E-state index contributed by atoms with van der Waals surface area (Å²) in [5.74, 6) is -0.907. The number of nitrogens with one attached hydrogen (secondary N) is 2. The summed E-state index contributed by atoms with van der Waals surface area (Å²) in [4.78, 5) is 37.3. The van der Waals surface area contributed by atoms with Gasteiger partial charge in [0.2, 0.25) is 6.41 Å². The third kappa shape index (κ3) is 3.60. The minimum atomic E-state index is -1.39. The van der Waals surface area contributed by atoms with E-state index in [1.165, 1.54) is 17.0 Å². The molecule has 1 aliphatic rings. The highest BCUT2D eigenvalue weighted by Crippen LogP contribution is 2.28. The lowest BCUT2D eigenvalue weighted by molar-refractivity contribution is -0.127. The maximum atomic E-state index is 13.1. The number of benzene rings is 2. The lowest BCUT2D eigenvalue weighted by Crippen LogP contribution is -2.52. The first-order chi connectivity index (χ1) is 12.4. The number of halogens is 2. The maximum Gasteiger partial charge on any atom is 0.322 e. The van der Waals surface area contributed by atoms with E-state index in [0.717, 1.165) is 4.47 Å². The standard InChI is InChI=1S/C18H15BrFN3O3/c19-14-5-3-13(4-6-14)18(16(25)21-17(26)22-18)10-23(11-24)9-12-1-7-15(20)8-2-12/h1-8,11H,9-10H2,(H2,21,22,25,26). The Hall–Kier alpha value is -2.74. The van der Waals surface area contributed by atoms with Crippen LogP contribution in [0.5, 0.6) is 0 Å². The van der Waals surface area contributed by atoms with Crippen LogP contribution in [0.4, 0.5) is 9.18 Å². The normalized spacial score (nSPS) is 19.0. The number of hydrogen-bond acceptors (Lipinski definition) is 3. The van der Waals surface area contributed by atoms with Gasteiger partial charge in [-0.25, -0.2) is 9.18 Å². The molecule has 0 bridgehead atoms. The molecule has 0 radical (unpaired) electrons.